The van der Waals surface area contributed by atoms with Gasteiger partial charge in [-0.1, -0.05) is 68.7 Å². The van der Waals surface area contributed by atoms with E-state index in [4.69, 9.17) is 5.11 Å². The monoisotopic (exact) mass is 439 g/mol. The molecule has 3 N–H and O–H groups in total. The molecule has 6 heteroatoms. The summed E-state index contributed by atoms with van der Waals surface area (Å²) in [5, 5.41) is 21.3. The zero-order valence-electron chi connectivity index (χ0n) is 18.7. The summed E-state index contributed by atoms with van der Waals surface area (Å²) in [5.41, 5.74) is 3.89. The summed E-state index contributed by atoms with van der Waals surface area (Å²) in [6.07, 6.45) is 4.83. The van der Waals surface area contributed by atoms with Crippen molar-refractivity contribution >= 4 is 17.7 Å². The van der Waals surface area contributed by atoms with E-state index < -0.39 is 24.3 Å². The first-order valence-corrected chi connectivity index (χ1v) is 11.2. The number of carboxylic acids is 2. The maximum Gasteiger partial charge on any atom is 0.307 e. The lowest BCUT2D eigenvalue weighted by molar-refractivity contribution is -0.148. The second-order valence-corrected chi connectivity index (χ2v) is 8.19. The van der Waals surface area contributed by atoms with Crippen LogP contribution in [0.2, 0.25) is 0 Å². The van der Waals surface area contributed by atoms with Gasteiger partial charge in [-0.3, -0.25) is 14.4 Å². The molecule has 0 aromatic heterocycles. The number of rotatable bonds is 15. The van der Waals surface area contributed by atoms with E-state index in [-0.39, 0.29) is 12.2 Å². The summed E-state index contributed by atoms with van der Waals surface area (Å²) in [6, 6.07) is 15.6. The van der Waals surface area contributed by atoms with Crippen molar-refractivity contribution in [1.29, 1.82) is 0 Å². The average molecular weight is 440 g/mol. The normalized spacial score (nSPS) is 11.8. The van der Waals surface area contributed by atoms with Gasteiger partial charge in [0, 0.05) is 13.0 Å². The lowest BCUT2D eigenvalue weighted by Gasteiger charge is -2.11. The Morgan fingerprint density at radius 3 is 2.31 bits per heavy atom. The highest BCUT2D eigenvalue weighted by Crippen LogP contribution is 2.22. The second-order valence-electron chi connectivity index (χ2n) is 8.19. The van der Waals surface area contributed by atoms with Crippen molar-refractivity contribution in [3.63, 3.8) is 0 Å². The van der Waals surface area contributed by atoms with Gasteiger partial charge in [0.25, 0.3) is 0 Å². The maximum absolute atomic E-state index is 12.0. The molecule has 0 aliphatic rings. The van der Waals surface area contributed by atoms with E-state index in [1.807, 2.05) is 42.5 Å². The van der Waals surface area contributed by atoms with Crippen LogP contribution in [0.1, 0.15) is 56.6 Å². The third kappa shape index (κ3) is 9.02. The Bertz CT molecular complexity index is 891. The molecule has 0 heterocycles. The molecular formula is C26H33NO5. The van der Waals surface area contributed by atoms with Gasteiger partial charge in [-0.15, -0.1) is 0 Å². The molecule has 0 fully saturated rings. The highest BCUT2D eigenvalue weighted by atomic mass is 16.4. The SMILES string of the molecule is CCCCCCC(=O)CNCc1cccc(-c2ccc(CC(CC(=O)O)C(=O)O)cc2)c1. The van der Waals surface area contributed by atoms with Crippen molar-refractivity contribution in [1.82, 2.24) is 5.32 Å². The lowest BCUT2D eigenvalue weighted by Crippen LogP contribution is -2.22. The molecule has 0 radical (unpaired) electrons. The van der Waals surface area contributed by atoms with Crippen LogP contribution in [0.4, 0.5) is 0 Å². The zero-order chi connectivity index (χ0) is 23.3. The van der Waals surface area contributed by atoms with Crippen molar-refractivity contribution in [2.45, 2.75) is 58.4 Å². The Balaban J connectivity index is 1.90. The van der Waals surface area contributed by atoms with E-state index in [0.29, 0.717) is 19.5 Å². The number of benzene rings is 2. The molecule has 0 amide bonds. The molecule has 172 valence electrons. The van der Waals surface area contributed by atoms with E-state index >= 15 is 0 Å². The smallest absolute Gasteiger partial charge is 0.307 e. The van der Waals surface area contributed by atoms with Gasteiger partial charge in [-0.2, -0.15) is 0 Å². The highest BCUT2D eigenvalue weighted by molar-refractivity contribution is 5.80. The van der Waals surface area contributed by atoms with Crippen LogP contribution in [0.3, 0.4) is 0 Å². The quantitative estimate of drug-likeness (QED) is 0.348. The summed E-state index contributed by atoms with van der Waals surface area (Å²) >= 11 is 0. The van der Waals surface area contributed by atoms with Crippen LogP contribution in [0.25, 0.3) is 11.1 Å². The van der Waals surface area contributed by atoms with E-state index in [1.165, 1.54) is 12.8 Å². The Labute approximate surface area is 189 Å². The number of carboxylic acid groups (broad SMARTS) is 2. The van der Waals surface area contributed by atoms with Gasteiger partial charge >= 0.3 is 11.9 Å². The first-order chi connectivity index (χ1) is 15.4. The molecule has 0 spiro atoms. The van der Waals surface area contributed by atoms with Crippen LogP contribution in [-0.2, 0) is 27.3 Å². The molecule has 1 atom stereocenters. The molecule has 0 bridgehead atoms. The summed E-state index contributed by atoms with van der Waals surface area (Å²) < 4.78 is 0. The van der Waals surface area contributed by atoms with Crippen LogP contribution in [-0.4, -0.2) is 34.5 Å². The van der Waals surface area contributed by atoms with Crippen molar-refractivity contribution < 1.29 is 24.6 Å². The standard InChI is InChI=1S/C26H33NO5/c1-2-3-4-5-9-24(28)18-27-17-20-7-6-8-22(15-20)21-12-10-19(11-13-21)14-23(26(31)32)16-25(29)30/h6-8,10-13,15,23,27H,2-5,9,14,16-18H2,1H3,(H,29,30)(H,31,32). The Hall–Kier alpha value is -2.99. The van der Waals surface area contributed by atoms with Gasteiger partial charge < -0.3 is 15.5 Å². The lowest BCUT2D eigenvalue weighted by atomic mass is 9.94. The minimum absolute atomic E-state index is 0.179. The Kier molecular flexibility index (Phi) is 10.6. The summed E-state index contributed by atoms with van der Waals surface area (Å²) in [7, 11) is 0. The molecule has 2 aromatic rings. The fourth-order valence-corrected chi connectivity index (χ4v) is 3.62. The molecule has 2 aromatic carbocycles. The van der Waals surface area contributed by atoms with Crippen LogP contribution < -0.4 is 5.32 Å². The van der Waals surface area contributed by atoms with Crippen LogP contribution in [0.15, 0.2) is 48.5 Å². The minimum Gasteiger partial charge on any atom is -0.481 e. The molecule has 0 saturated heterocycles. The summed E-state index contributed by atoms with van der Waals surface area (Å²) in [4.78, 5) is 34.1. The van der Waals surface area contributed by atoms with Gasteiger partial charge in [-0.05, 0) is 41.2 Å². The number of Topliss-reactive ketones (excluding diaryl/α,β-unsaturated/α-hetero) is 1. The van der Waals surface area contributed by atoms with Gasteiger partial charge in [-0.25, -0.2) is 0 Å². The largest absolute Gasteiger partial charge is 0.481 e. The van der Waals surface area contributed by atoms with Gasteiger partial charge in [0.2, 0.25) is 0 Å². The van der Waals surface area contributed by atoms with Crippen LogP contribution in [0, 0.1) is 5.92 Å². The topological polar surface area (TPSA) is 104 Å². The molecule has 6 nitrogen and oxygen atoms in total. The van der Waals surface area contributed by atoms with Crippen molar-refractivity contribution in [2.75, 3.05) is 6.54 Å². The molecule has 0 saturated carbocycles. The fraction of sp³-hybridized carbons (Fsp3) is 0.423. The molecule has 0 aliphatic heterocycles. The third-order valence-electron chi connectivity index (χ3n) is 5.43. The highest BCUT2D eigenvalue weighted by Gasteiger charge is 2.21. The summed E-state index contributed by atoms with van der Waals surface area (Å²) in [5.74, 6) is -2.91. The fourth-order valence-electron chi connectivity index (χ4n) is 3.62. The first kappa shape index (κ1) is 25.3. The van der Waals surface area contributed by atoms with Crippen molar-refractivity contribution in [3.8, 4) is 11.1 Å². The molecule has 1 unspecified atom stereocenters. The van der Waals surface area contributed by atoms with Crippen molar-refractivity contribution in [3.05, 3.63) is 59.7 Å². The third-order valence-corrected chi connectivity index (χ3v) is 5.43. The molecule has 32 heavy (non-hydrogen) atoms. The van der Waals surface area contributed by atoms with Crippen LogP contribution >= 0.6 is 0 Å². The van der Waals surface area contributed by atoms with E-state index in [2.05, 4.69) is 18.3 Å². The number of carbonyl (C=O) groups is 3. The Morgan fingerprint density at radius 1 is 0.906 bits per heavy atom. The first-order valence-electron chi connectivity index (χ1n) is 11.2. The van der Waals surface area contributed by atoms with Gasteiger partial charge in [0.15, 0.2) is 0 Å². The maximum atomic E-state index is 12.0. The average Bonchev–Trinajstić information content (AvgIpc) is 2.77. The number of unbranched alkanes of at least 4 members (excludes halogenated alkanes) is 3. The van der Waals surface area contributed by atoms with Gasteiger partial charge in [0.1, 0.15) is 5.78 Å². The predicted molar refractivity (Wildman–Crippen MR) is 124 cm³/mol. The van der Waals surface area contributed by atoms with E-state index in [0.717, 1.165) is 35.1 Å². The molecule has 0 aliphatic carbocycles. The minimum atomic E-state index is -1.11. The molecule has 2 rings (SSSR count). The van der Waals surface area contributed by atoms with Crippen LogP contribution in [0.5, 0.6) is 0 Å². The van der Waals surface area contributed by atoms with Gasteiger partial charge in [0.05, 0.1) is 18.9 Å². The molecular weight excluding hydrogens is 406 g/mol. The number of hydrogen-bond acceptors (Lipinski definition) is 4. The second kappa shape index (κ2) is 13.4. The van der Waals surface area contributed by atoms with E-state index in [9.17, 15) is 19.5 Å². The number of hydrogen-bond donors (Lipinski definition) is 3. The number of carbonyl (C=O) groups excluding carboxylic acids is 1. The van der Waals surface area contributed by atoms with E-state index in [1.54, 1.807) is 0 Å². The Morgan fingerprint density at radius 2 is 1.66 bits per heavy atom. The number of ketones is 1. The number of aliphatic carboxylic acids is 2. The van der Waals surface area contributed by atoms with Crippen molar-refractivity contribution in [2.24, 2.45) is 5.92 Å². The summed E-state index contributed by atoms with van der Waals surface area (Å²) in [6.45, 7) is 3.15. The predicted octanol–water partition coefficient (Wildman–Crippen LogP) is 4.70. The number of nitrogens with one attached hydrogen (secondary N) is 1. The zero-order valence-corrected chi connectivity index (χ0v) is 18.7.